The minimum atomic E-state index is 0.536. The SMILES string of the molecule is CC(C)CN(C)CCN(C)Cc1ccc(CNC(C)C)cc1. The number of nitrogens with one attached hydrogen (secondary N) is 1. The molecule has 1 aromatic carbocycles. The second-order valence-electron chi connectivity index (χ2n) is 7.25. The van der Waals surface area contributed by atoms with Crippen molar-refractivity contribution in [3.63, 3.8) is 0 Å². The van der Waals surface area contributed by atoms with Gasteiger partial charge in [-0.2, -0.15) is 0 Å². The van der Waals surface area contributed by atoms with Gasteiger partial charge in [0, 0.05) is 38.8 Å². The van der Waals surface area contributed by atoms with Crippen LogP contribution in [0, 0.1) is 5.92 Å². The third kappa shape index (κ3) is 8.52. The normalized spacial score (nSPS) is 12.1. The highest BCUT2D eigenvalue weighted by Crippen LogP contribution is 2.07. The van der Waals surface area contributed by atoms with Gasteiger partial charge in [-0.15, -0.1) is 0 Å². The van der Waals surface area contributed by atoms with E-state index in [4.69, 9.17) is 0 Å². The average Bonchev–Trinajstić information content (AvgIpc) is 2.43. The summed E-state index contributed by atoms with van der Waals surface area (Å²) in [6, 6.07) is 9.53. The zero-order valence-electron chi connectivity index (χ0n) is 15.4. The van der Waals surface area contributed by atoms with Crippen LogP contribution < -0.4 is 5.32 Å². The number of rotatable bonds is 10. The predicted octanol–water partition coefficient (Wildman–Crippen LogP) is 3.20. The molecule has 0 amide bonds. The topological polar surface area (TPSA) is 18.5 Å². The van der Waals surface area contributed by atoms with E-state index in [-0.39, 0.29) is 0 Å². The molecule has 3 nitrogen and oxygen atoms in total. The smallest absolute Gasteiger partial charge is 0.0231 e. The molecule has 0 aromatic heterocycles. The van der Waals surface area contributed by atoms with Crippen LogP contribution in [0.4, 0.5) is 0 Å². The number of likely N-dealkylation sites (N-methyl/N-ethyl adjacent to an activating group) is 2. The second-order valence-corrected chi connectivity index (χ2v) is 7.25. The highest BCUT2D eigenvalue weighted by atomic mass is 15.2. The predicted molar refractivity (Wildman–Crippen MR) is 97.1 cm³/mol. The van der Waals surface area contributed by atoms with Crippen LogP contribution in [-0.2, 0) is 13.1 Å². The average molecular weight is 306 g/mol. The molecule has 0 aliphatic heterocycles. The Hall–Kier alpha value is -0.900. The number of benzene rings is 1. The molecule has 0 fully saturated rings. The Morgan fingerprint density at radius 3 is 1.95 bits per heavy atom. The first kappa shape index (κ1) is 19.1. The summed E-state index contributed by atoms with van der Waals surface area (Å²) in [5.74, 6) is 0.738. The Labute approximate surface area is 137 Å². The highest BCUT2D eigenvalue weighted by Gasteiger charge is 2.05. The molecule has 1 rings (SSSR count). The van der Waals surface area contributed by atoms with Gasteiger partial charge < -0.3 is 15.1 Å². The number of hydrogen-bond acceptors (Lipinski definition) is 3. The molecule has 126 valence electrons. The van der Waals surface area contributed by atoms with E-state index in [1.54, 1.807) is 0 Å². The van der Waals surface area contributed by atoms with Gasteiger partial charge in [-0.25, -0.2) is 0 Å². The van der Waals surface area contributed by atoms with Gasteiger partial charge in [-0.1, -0.05) is 52.0 Å². The van der Waals surface area contributed by atoms with Crippen LogP contribution in [0.1, 0.15) is 38.8 Å². The van der Waals surface area contributed by atoms with Crippen molar-refractivity contribution >= 4 is 0 Å². The zero-order valence-corrected chi connectivity index (χ0v) is 15.4. The standard InChI is InChI=1S/C19H35N3/c1-16(2)14-21(5)11-12-22(6)15-19-9-7-18(8-10-19)13-20-17(3)4/h7-10,16-17,20H,11-15H2,1-6H3. The van der Waals surface area contributed by atoms with E-state index < -0.39 is 0 Å². The zero-order chi connectivity index (χ0) is 16.5. The van der Waals surface area contributed by atoms with Crippen LogP contribution >= 0.6 is 0 Å². The molecule has 0 saturated carbocycles. The molecule has 0 spiro atoms. The lowest BCUT2D eigenvalue weighted by molar-refractivity contribution is 0.236. The van der Waals surface area contributed by atoms with Gasteiger partial charge in [0.15, 0.2) is 0 Å². The van der Waals surface area contributed by atoms with Gasteiger partial charge in [0.1, 0.15) is 0 Å². The molecule has 22 heavy (non-hydrogen) atoms. The van der Waals surface area contributed by atoms with Crippen LogP contribution in [0.3, 0.4) is 0 Å². The molecule has 0 heterocycles. The first-order valence-electron chi connectivity index (χ1n) is 8.55. The molecule has 3 heteroatoms. The molecular weight excluding hydrogens is 270 g/mol. The van der Waals surface area contributed by atoms with Gasteiger partial charge in [-0.05, 0) is 31.1 Å². The Kier molecular flexibility index (Phi) is 8.69. The fraction of sp³-hybridized carbons (Fsp3) is 0.684. The van der Waals surface area contributed by atoms with E-state index in [2.05, 4.69) is 81.2 Å². The summed E-state index contributed by atoms with van der Waals surface area (Å²) < 4.78 is 0. The van der Waals surface area contributed by atoms with Gasteiger partial charge in [-0.3, -0.25) is 0 Å². The van der Waals surface area contributed by atoms with E-state index in [1.165, 1.54) is 17.7 Å². The van der Waals surface area contributed by atoms with Crippen LogP contribution in [0.15, 0.2) is 24.3 Å². The van der Waals surface area contributed by atoms with Crippen molar-refractivity contribution in [2.24, 2.45) is 5.92 Å². The number of nitrogens with zero attached hydrogens (tertiary/aromatic N) is 2. The minimum absolute atomic E-state index is 0.536. The summed E-state index contributed by atoms with van der Waals surface area (Å²) >= 11 is 0. The molecular formula is C19H35N3. The first-order valence-corrected chi connectivity index (χ1v) is 8.55. The van der Waals surface area contributed by atoms with Crippen molar-refractivity contribution in [2.75, 3.05) is 33.7 Å². The van der Waals surface area contributed by atoms with E-state index in [1.807, 2.05) is 0 Å². The summed E-state index contributed by atoms with van der Waals surface area (Å²) in [6.07, 6.45) is 0. The largest absolute Gasteiger partial charge is 0.310 e. The van der Waals surface area contributed by atoms with E-state index in [0.717, 1.165) is 32.1 Å². The minimum Gasteiger partial charge on any atom is -0.310 e. The monoisotopic (exact) mass is 305 g/mol. The molecule has 0 bridgehead atoms. The molecule has 0 radical (unpaired) electrons. The lowest BCUT2D eigenvalue weighted by Crippen LogP contribution is -2.32. The number of hydrogen-bond donors (Lipinski definition) is 1. The van der Waals surface area contributed by atoms with E-state index in [0.29, 0.717) is 6.04 Å². The fourth-order valence-electron chi connectivity index (χ4n) is 2.53. The van der Waals surface area contributed by atoms with E-state index >= 15 is 0 Å². The van der Waals surface area contributed by atoms with Gasteiger partial charge in [0.05, 0.1) is 0 Å². The van der Waals surface area contributed by atoms with Gasteiger partial charge >= 0.3 is 0 Å². The fourth-order valence-corrected chi connectivity index (χ4v) is 2.53. The van der Waals surface area contributed by atoms with Crippen molar-refractivity contribution < 1.29 is 0 Å². The van der Waals surface area contributed by atoms with Gasteiger partial charge in [0.2, 0.25) is 0 Å². The van der Waals surface area contributed by atoms with Crippen LogP contribution in [-0.4, -0.2) is 49.6 Å². The Bertz CT molecular complexity index is 398. The molecule has 0 atom stereocenters. The van der Waals surface area contributed by atoms with Crippen LogP contribution in [0.2, 0.25) is 0 Å². The molecule has 1 aromatic rings. The van der Waals surface area contributed by atoms with E-state index in [9.17, 15) is 0 Å². The maximum atomic E-state index is 3.45. The van der Waals surface area contributed by atoms with Gasteiger partial charge in [0.25, 0.3) is 0 Å². The molecule has 0 unspecified atom stereocenters. The third-order valence-corrected chi connectivity index (χ3v) is 3.73. The molecule has 0 saturated heterocycles. The summed E-state index contributed by atoms with van der Waals surface area (Å²) in [7, 11) is 4.42. The summed E-state index contributed by atoms with van der Waals surface area (Å²) in [4.78, 5) is 4.82. The molecule has 0 aliphatic carbocycles. The molecule has 1 N–H and O–H groups in total. The summed E-state index contributed by atoms with van der Waals surface area (Å²) in [5.41, 5.74) is 2.75. The van der Waals surface area contributed by atoms with Crippen molar-refractivity contribution in [3.05, 3.63) is 35.4 Å². The van der Waals surface area contributed by atoms with Crippen molar-refractivity contribution in [2.45, 2.75) is 46.8 Å². The maximum absolute atomic E-state index is 3.45. The third-order valence-electron chi connectivity index (χ3n) is 3.73. The quantitative estimate of drug-likeness (QED) is 0.716. The Morgan fingerprint density at radius 1 is 0.864 bits per heavy atom. The maximum Gasteiger partial charge on any atom is 0.0231 e. The first-order chi connectivity index (χ1) is 10.4. The lowest BCUT2D eigenvalue weighted by Gasteiger charge is -2.23. The summed E-state index contributed by atoms with van der Waals surface area (Å²) in [6.45, 7) is 14.3. The second kappa shape index (κ2) is 9.98. The van der Waals surface area contributed by atoms with Crippen molar-refractivity contribution in [1.29, 1.82) is 0 Å². The highest BCUT2D eigenvalue weighted by molar-refractivity contribution is 5.22. The lowest BCUT2D eigenvalue weighted by atomic mass is 10.1. The van der Waals surface area contributed by atoms with Crippen LogP contribution in [0.5, 0.6) is 0 Å². The van der Waals surface area contributed by atoms with Crippen molar-refractivity contribution in [3.8, 4) is 0 Å². The molecule has 0 aliphatic rings. The van der Waals surface area contributed by atoms with Crippen LogP contribution in [0.25, 0.3) is 0 Å². The Morgan fingerprint density at radius 2 is 1.41 bits per heavy atom. The van der Waals surface area contributed by atoms with Crippen molar-refractivity contribution in [1.82, 2.24) is 15.1 Å². The summed E-state index contributed by atoms with van der Waals surface area (Å²) in [5, 5.41) is 3.45. The Balaban J connectivity index is 2.33.